The summed E-state index contributed by atoms with van der Waals surface area (Å²) in [7, 11) is 0. The van der Waals surface area contributed by atoms with Crippen LogP contribution in [-0.4, -0.2) is 29.8 Å². The molecule has 114 valence electrons. The predicted molar refractivity (Wildman–Crippen MR) is 72.1 cm³/mol. The number of halogens is 4. The summed E-state index contributed by atoms with van der Waals surface area (Å²) in [4.78, 5) is 0. The minimum absolute atomic E-state index is 0.00869. The third-order valence-electron chi connectivity index (χ3n) is 2.78. The van der Waals surface area contributed by atoms with E-state index in [0.717, 1.165) is 17.9 Å². The van der Waals surface area contributed by atoms with Gasteiger partial charge in [0.25, 0.3) is 0 Å². The topological polar surface area (TPSA) is 32.3 Å². The summed E-state index contributed by atoms with van der Waals surface area (Å²) in [5.41, 5.74) is -0.886. The molecule has 1 aromatic carbocycles. The minimum atomic E-state index is -4.69. The van der Waals surface area contributed by atoms with Gasteiger partial charge in [-0.2, -0.15) is 24.9 Å². The fourth-order valence-electron chi connectivity index (χ4n) is 1.76. The van der Waals surface area contributed by atoms with Gasteiger partial charge in [-0.05, 0) is 30.4 Å². The molecule has 0 amide bonds. The maximum absolute atomic E-state index is 13.1. The highest BCUT2D eigenvalue weighted by atomic mass is 32.2. The molecule has 2 N–H and O–H groups in total. The molecule has 0 fully saturated rings. The monoisotopic (exact) mass is 311 g/mol. The maximum Gasteiger partial charge on any atom is 0.419 e. The van der Waals surface area contributed by atoms with Crippen LogP contribution in [0, 0.1) is 5.82 Å². The Balaban J connectivity index is 2.73. The van der Waals surface area contributed by atoms with E-state index < -0.39 is 17.6 Å². The molecule has 1 unspecified atom stereocenters. The molecule has 0 heterocycles. The lowest BCUT2D eigenvalue weighted by Crippen LogP contribution is -2.31. The number of rotatable bonds is 7. The van der Waals surface area contributed by atoms with E-state index in [0.29, 0.717) is 12.0 Å². The largest absolute Gasteiger partial charge is 0.419 e. The van der Waals surface area contributed by atoms with Gasteiger partial charge in [-0.15, -0.1) is 0 Å². The molecule has 20 heavy (non-hydrogen) atoms. The lowest BCUT2D eigenvalue weighted by atomic mass is 10.1. The zero-order chi connectivity index (χ0) is 15.2. The number of hydrogen-bond acceptors (Lipinski definition) is 3. The minimum Gasteiger partial charge on any atom is -0.396 e. The third kappa shape index (κ3) is 5.30. The highest BCUT2D eigenvalue weighted by Gasteiger charge is 2.34. The van der Waals surface area contributed by atoms with Crippen molar-refractivity contribution in [1.82, 2.24) is 5.32 Å². The van der Waals surface area contributed by atoms with Gasteiger partial charge in [-0.3, -0.25) is 0 Å². The van der Waals surface area contributed by atoms with Gasteiger partial charge in [-0.25, -0.2) is 4.39 Å². The van der Waals surface area contributed by atoms with Crippen molar-refractivity contribution in [1.29, 1.82) is 0 Å². The highest BCUT2D eigenvalue weighted by Crippen LogP contribution is 2.31. The first-order chi connectivity index (χ1) is 9.38. The van der Waals surface area contributed by atoms with Crippen LogP contribution in [0.25, 0.3) is 0 Å². The van der Waals surface area contributed by atoms with Gasteiger partial charge < -0.3 is 10.4 Å². The number of aliphatic hydroxyl groups is 1. The fraction of sp³-hybridized carbons (Fsp3) is 0.538. The number of thioether (sulfide) groups is 1. The molecule has 0 spiro atoms. The maximum atomic E-state index is 13.1. The molecule has 0 bridgehead atoms. The fourth-order valence-corrected chi connectivity index (χ4v) is 2.45. The van der Waals surface area contributed by atoms with Crippen molar-refractivity contribution in [2.45, 2.75) is 25.2 Å². The van der Waals surface area contributed by atoms with E-state index in [9.17, 15) is 17.6 Å². The number of aliphatic hydroxyl groups excluding tert-OH is 1. The molecule has 0 saturated carbocycles. The zero-order valence-corrected chi connectivity index (χ0v) is 11.8. The molecule has 1 atom stereocenters. The van der Waals surface area contributed by atoms with Crippen LogP contribution in [0.5, 0.6) is 0 Å². The molecule has 0 aromatic heterocycles. The second-order valence-electron chi connectivity index (χ2n) is 4.36. The predicted octanol–water partition coefficient (Wildman–Crippen LogP) is 3.05. The van der Waals surface area contributed by atoms with Gasteiger partial charge in [0.15, 0.2) is 0 Å². The Morgan fingerprint density at radius 2 is 2.05 bits per heavy atom. The first-order valence-electron chi connectivity index (χ1n) is 6.07. The lowest BCUT2D eigenvalue weighted by Gasteiger charge is -2.17. The second-order valence-corrected chi connectivity index (χ2v) is 5.27. The molecule has 0 aliphatic heterocycles. The number of alkyl halides is 3. The van der Waals surface area contributed by atoms with Crippen molar-refractivity contribution in [3.63, 3.8) is 0 Å². The molecule has 0 aliphatic rings. The van der Waals surface area contributed by atoms with Crippen LogP contribution in [0.2, 0.25) is 0 Å². The van der Waals surface area contributed by atoms with Crippen molar-refractivity contribution in [3.05, 3.63) is 35.1 Å². The van der Waals surface area contributed by atoms with Crippen LogP contribution >= 0.6 is 11.8 Å². The van der Waals surface area contributed by atoms with E-state index >= 15 is 0 Å². The molecule has 2 nitrogen and oxygen atoms in total. The van der Waals surface area contributed by atoms with Crippen molar-refractivity contribution in [2.24, 2.45) is 0 Å². The van der Waals surface area contributed by atoms with Gasteiger partial charge in [0.05, 0.1) is 5.56 Å². The summed E-state index contributed by atoms with van der Waals surface area (Å²) in [6.45, 7) is 0.212. The Morgan fingerprint density at radius 3 is 2.60 bits per heavy atom. The Bertz CT molecular complexity index is 419. The summed E-state index contributed by atoms with van der Waals surface area (Å²) < 4.78 is 50.8. The second kappa shape index (κ2) is 7.85. The molecule has 0 saturated heterocycles. The first kappa shape index (κ1) is 17.3. The molecule has 7 heteroatoms. The molecular formula is C13H17F4NOS. The zero-order valence-electron chi connectivity index (χ0n) is 11.0. The Hall–Kier alpha value is -0.790. The summed E-state index contributed by atoms with van der Waals surface area (Å²) in [6.07, 6.45) is -2.26. The molecule has 1 rings (SSSR count). The van der Waals surface area contributed by atoms with Crippen molar-refractivity contribution < 1.29 is 22.7 Å². The normalized spacial score (nSPS) is 13.5. The summed E-state index contributed by atoms with van der Waals surface area (Å²) in [5.74, 6) is -0.522. The summed E-state index contributed by atoms with van der Waals surface area (Å²) in [5, 5.41) is 12.0. The van der Waals surface area contributed by atoms with E-state index in [1.807, 2.05) is 6.26 Å². The standard InChI is InChI=1S/C13H17F4NOS/c1-20-8-10(4-5-19)18-7-9-2-3-12(14)11(6-9)13(15,16)17/h2-3,6,10,18-19H,4-5,7-8H2,1H3. The number of nitrogens with one attached hydrogen (secondary N) is 1. The highest BCUT2D eigenvalue weighted by molar-refractivity contribution is 7.98. The van der Waals surface area contributed by atoms with E-state index in [1.165, 1.54) is 6.07 Å². The smallest absolute Gasteiger partial charge is 0.396 e. The van der Waals surface area contributed by atoms with Gasteiger partial charge in [0.2, 0.25) is 0 Å². The van der Waals surface area contributed by atoms with E-state index in [4.69, 9.17) is 5.11 Å². The van der Waals surface area contributed by atoms with Crippen LogP contribution in [-0.2, 0) is 12.7 Å². The molecular weight excluding hydrogens is 294 g/mol. The summed E-state index contributed by atoms with van der Waals surface area (Å²) in [6, 6.07) is 2.98. The van der Waals surface area contributed by atoms with Gasteiger partial charge >= 0.3 is 6.18 Å². The lowest BCUT2D eigenvalue weighted by molar-refractivity contribution is -0.140. The van der Waals surface area contributed by atoms with Crippen LogP contribution in [0.3, 0.4) is 0 Å². The van der Waals surface area contributed by atoms with Crippen LogP contribution < -0.4 is 5.32 Å². The van der Waals surface area contributed by atoms with Crippen molar-refractivity contribution >= 4 is 11.8 Å². The summed E-state index contributed by atoms with van der Waals surface area (Å²) >= 11 is 1.58. The van der Waals surface area contributed by atoms with Gasteiger partial charge in [-0.1, -0.05) is 6.07 Å². The van der Waals surface area contributed by atoms with Gasteiger partial charge in [0.1, 0.15) is 5.82 Å². The van der Waals surface area contributed by atoms with Gasteiger partial charge in [0, 0.05) is 24.9 Å². The third-order valence-corrected chi connectivity index (χ3v) is 3.51. The Kier molecular flexibility index (Phi) is 6.78. The molecule has 1 aromatic rings. The Labute approximate surface area is 119 Å². The molecule has 0 radical (unpaired) electrons. The van der Waals surface area contributed by atoms with Crippen LogP contribution in [0.15, 0.2) is 18.2 Å². The first-order valence-corrected chi connectivity index (χ1v) is 7.46. The van der Waals surface area contributed by atoms with Crippen molar-refractivity contribution in [2.75, 3.05) is 18.6 Å². The average molecular weight is 311 g/mol. The molecule has 0 aliphatic carbocycles. The quantitative estimate of drug-likeness (QED) is 0.759. The van der Waals surface area contributed by atoms with E-state index in [1.54, 1.807) is 11.8 Å². The van der Waals surface area contributed by atoms with Crippen molar-refractivity contribution in [3.8, 4) is 0 Å². The SMILES string of the molecule is CSCC(CCO)NCc1ccc(F)c(C(F)(F)F)c1. The van der Waals surface area contributed by atoms with E-state index in [2.05, 4.69) is 5.32 Å². The number of hydrogen-bond donors (Lipinski definition) is 2. The number of benzene rings is 1. The van der Waals surface area contributed by atoms with Crippen LogP contribution in [0.4, 0.5) is 17.6 Å². The van der Waals surface area contributed by atoms with Crippen LogP contribution in [0.1, 0.15) is 17.5 Å². The average Bonchev–Trinajstić information content (AvgIpc) is 2.36. The Morgan fingerprint density at radius 1 is 1.35 bits per heavy atom. The van der Waals surface area contributed by atoms with E-state index in [-0.39, 0.29) is 19.2 Å².